The van der Waals surface area contributed by atoms with Crippen molar-refractivity contribution in [2.24, 2.45) is 10.1 Å². The van der Waals surface area contributed by atoms with Gasteiger partial charge in [0.15, 0.2) is 6.61 Å². The second-order valence-electron chi connectivity index (χ2n) is 6.56. The number of aromatic nitrogens is 2. The number of anilines is 1. The lowest BCUT2D eigenvalue weighted by molar-refractivity contribution is -0.118. The van der Waals surface area contributed by atoms with Gasteiger partial charge >= 0.3 is 0 Å². The first-order valence-corrected chi connectivity index (χ1v) is 9.85. The van der Waals surface area contributed by atoms with Crippen molar-refractivity contribution in [1.82, 2.24) is 9.66 Å². The molecule has 1 aliphatic rings. The molecule has 0 saturated heterocycles. The van der Waals surface area contributed by atoms with Gasteiger partial charge in [0.05, 0.1) is 24.1 Å². The van der Waals surface area contributed by atoms with Crippen LogP contribution >= 0.6 is 11.3 Å². The van der Waals surface area contributed by atoms with E-state index in [0.717, 1.165) is 27.2 Å². The third-order valence-electron chi connectivity index (χ3n) is 4.11. The van der Waals surface area contributed by atoms with Gasteiger partial charge in [0.1, 0.15) is 5.75 Å². The zero-order chi connectivity index (χ0) is 20.2. The van der Waals surface area contributed by atoms with Gasteiger partial charge in [-0.1, -0.05) is 12.2 Å². The van der Waals surface area contributed by atoms with E-state index in [0.29, 0.717) is 18.0 Å². The summed E-state index contributed by atoms with van der Waals surface area (Å²) in [4.78, 5) is 21.1. The second kappa shape index (κ2) is 8.24. The van der Waals surface area contributed by atoms with Gasteiger partial charge in [0, 0.05) is 23.3 Å². The highest BCUT2D eigenvalue weighted by atomic mass is 32.1. The van der Waals surface area contributed by atoms with E-state index in [1.807, 2.05) is 42.6 Å². The predicted octanol–water partition coefficient (Wildman–Crippen LogP) is 3.30. The van der Waals surface area contributed by atoms with E-state index in [1.165, 1.54) is 11.3 Å². The van der Waals surface area contributed by atoms with Crippen LogP contribution in [-0.2, 0) is 4.79 Å². The predicted molar refractivity (Wildman–Crippen MR) is 114 cm³/mol. The van der Waals surface area contributed by atoms with Crippen LogP contribution in [0.4, 0.5) is 5.69 Å². The Morgan fingerprint density at radius 3 is 3.00 bits per heavy atom. The summed E-state index contributed by atoms with van der Waals surface area (Å²) < 4.78 is 7.25. The molecule has 29 heavy (non-hydrogen) atoms. The summed E-state index contributed by atoms with van der Waals surface area (Å²) in [7, 11) is 0. The third kappa shape index (κ3) is 4.33. The number of nitrogens with one attached hydrogen (secondary N) is 1. The quantitative estimate of drug-likeness (QED) is 0.522. The number of hydrogen-bond acceptors (Lipinski definition) is 6. The highest BCUT2D eigenvalue weighted by Gasteiger charge is 2.17. The lowest BCUT2D eigenvalue weighted by atomic mass is 10.1. The van der Waals surface area contributed by atoms with Crippen LogP contribution in [0.15, 0.2) is 70.4 Å². The van der Waals surface area contributed by atoms with Gasteiger partial charge < -0.3 is 10.1 Å². The van der Waals surface area contributed by atoms with Crippen molar-refractivity contribution in [3.05, 3.63) is 70.6 Å². The molecular weight excluding hydrogens is 386 g/mol. The van der Waals surface area contributed by atoms with Crippen LogP contribution < -0.4 is 14.9 Å². The monoisotopic (exact) mass is 405 g/mol. The first-order valence-electron chi connectivity index (χ1n) is 8.97. The molecule has 3 heterocycles. The molecule has 8 heteroatoms. The molecule has 0 radical (unpaired) electrons. The van der Waals surface area contributed by atoms with Gasteiger partial charge in [0.25, 0.3) is 5.91 Å². The number of rotatable bonds is 5. The molecule has 146 valence electrons. The fourth-order valence-electron chi connectivity index (χ4n) is 2.74. The van der Waals surface area contributed by atoms with Crippen molar-refractivity contribution in [3.63, 3.8) is 0 Å². The van der Waals surface area contributed by atoms with Crippen LogP contribution in [0.1, 0.15) is 12.5 Å². The molecule has 3 aromatic rings. The minimum absolute atomic E-state index is 0.0327. The molecule has 0 atom stereocenters. The maximum Gasteiger partial charge on any atom is 0.262 e. The van der Waals surface area contributed by atoms with E-state index in [4.69, 9.17) is 4.74 Å². The van der Waals surface area contributed by atoms with Gasteiger partial charge in [0.2, 0.25) is 4.80 Å². The number of carbonyl (C=O) groups excluding carboxylic acids is 1. The first-order chi connectivity index (χ1) is 14.1. The van der Waals surface area contributed by atoms with Gasteiger partial charge in [-0.3, -0.25) is 14.8 Å². The summed E-state index contributed by atoms with van der Waals surface area (Å²) >= 11 is 1.50. The molecule has 1 N–H and O–H groups in total. The van der Waals surface area contributed by atoms with Crippen LogP contribution in [0.25, 0.3) is 11.3 Å². The van der Waals surface area contributed by atoms with Crippen molar-refractivity contribution in [2.45, 2.75) is 6.92 Å². The number of nitrogens with zero attached hydrogens (tertiary/aromatic N) is 4. The summed E-state index contributed by atoms with van der Waals surface area (Å²) in [6.07, 6.45) is 5.21. The van der Waals surface area contributed by atoms with Crippen molar-refractivity contribution >= 4 is 29.1 Å². The molecule has 0 saturated carbocycles. The van der Waals surface area contributed by atoms with Gasteiger partial charge in [-0.2, -0.15) is 5.10 Å². The largest absolute Gasteiger partial charge is 0.482 e. The number of hydrogen-bond donors (Lipinski definition) is 1. The van der Waals surface area contributed by atoms with E-state index < -0.39 is 0 Å². The molecule has 1 aromatic carbocycles. The SMILES string of the molecule is C=C(C)CN=c1scc(-c2ccc3c(c2)NC(=O)CO3)n1N=Cc1ccncc1. The molecule has 7 nitrogen and oxygen atoms in total. The number of pyridine rings is 1. The molecule has 0 spiro atoms. The van der Waals surface area contributed by atoms with Crippen molar-refractivity contribution < 1.29 is 9.53 Å². The van der Waals surface area contributed by atoms with Crippen molar-refractivity contribution in [1.29, 1.82) is 0 Å². The molecule has 2 aromatic heterocycles. The Morgan fingerprint density at radius 2 is 2.21 bits per heavy atom. The average Bonchev–Trinajstić information content (AvgIpc) is 3.13. The summed E-state index contributed by atoms with van der Waals surface area (Å²) in [6.45, 7) is 6.41. The Hall–Kier alpha value is -3.52. The Balaban J connectivity index is 1.78. The van der Waals surface area contributed by atoms with Crippen molar-refractivity contribution in [3.8, 4) is 17.0 Å². The van der Waals surface area contributed by atoms with E-state index in [2.05, 4.69) is 27.0 Å². The van der Waals surface area contributed by atoms with Crippen LogP contribution in [0.3, 0.4) is 0 Å². The van der Waals surface area contributed by atoms with E-state index in [9.17, 15) is 4.79 Å². The topological polar surface area (TPSA) is 80.9 Å². The molecule has 0 bridgehead atoms. The maximum atomic E-state index is 11.7. The molecular formula is C21H19N5O2S. The van der Waals surface area contributed by atoms with Gasteiger partial charge in [-0.25, -0.2) is 4.68 Å². The zero-order valence-electron chi connectivity index (χ0n) is 15.8. The maximum absolute atomic E-state index is 11.7. The fraction of sp³-hybridized carbons (Fsp3) is 0.143. The summed E-state index contributed by atoms with van der Waals surface area (Å²) in [5.41, 5.74) is 4.31. The Bertz CT molecular complexity index is 1160. The van der Waals surface area contributed by atoms with Crippen LogP contribution in [-0.4, -0.2) is 34.9 Å². The normalized spacial score (nSPS) is 13.8. The Kier molecular flexibility index (Phi) is 5.35. The van der Waals surface area contributed by atoms with E-state index in [1.54, 1.807) is 23.3 Å². The Morgan fingerprint density at radius 1 is 1.38 bits per heavy atom. The standard InChI is InChI=1S/C21H19N5O2S/c1-14(2)10-23-21-26(24-11-15-5-7-22-8-6-15)18(13-29-21)16-3-4-19-17(9-16)25-20(27)12-28-19/h3-9,11,13H,1,10,12H2,2H3,(H,25,27). The number of carbonyl (C=O) groups is 1. The summed E-state index contributed by atoms with van der Waals surface area (Å²) in [6, 6.07) is 9.44. The summed E-state index contributed by atoms with van der Waals surface area (Å²) in [5, 5.41) is 9.49. The van der Waals surface area contributed by atoms with E-state index in [-0.39, 0.29) is 12.5 Å². The summed E-state index contributed by atoms with van der Waals surface area (Å²) in [5.74, 6) is 0.489. The molecule has 0 unspecified atom stereocenters. The molecule has 1 amide bonds. The molecule has 1 aliphatic heterocycles. The molecule has 4 rings (SSSR count). The average molecular weight is 405 g/mol. The lowest BCUT2D eigenvalue weighted by Crippen LogP contribution is -2.25. The van der Waals surface area contributed by atoms with E-state index >= 15 is 0 Å². The van der Waals surface area contributed by atoms with Gasteiger partial charge in [-0.15, -0.1) is 11.3 Å². The first kappa shape index (κ1) is 18.8. The van der Waals surface area contributed by atoms with Crippen LogP contribution in [0.5, 0.6) is 5.75 Å². The van der Waals surface area contributed by atoms with Gasteiger partial charge in [-0.05, 0) is 42.8 Å². The Labute approximate surface area is 171 Å². The fourth-order valence-corrected chi connectivity index (χ4v) is 3.57. The highest BCUT2D eigenvalue weighted by molar-refractivity contribution is 7.07. The minimum atomic E-state index is -0.166. The lowest BCUT2D eigenvalue weighted by Gasteiger charge is -2.18. The molecule has 0 aliphatic carbocycles. The van der Waals surface area contributed by atoms with Crippen molar-refractivity contribution in [2.75, 3.05) is 18.5 Å². The smallest absolute Gasteiger partial charge is 0.262 e. The second-order valence-corrected chi connectivity index (χ2v) is 7.40. The third-order valence-corrected chi connectivity index (χ3v) is 4.96. The van der Waals surface area contributed by atoms with Crippen LogP contribution in [0.2, 0.25) is 0 Å². The highest BCUT2D eigenvalue weighted by Crippen LogP contribution is 2.32. The number of ether oxygens (including phenoxy) is 1. The number of fused-ring (bicyclic) bond motifs is 1. The number of benzene rings is 1. The number of amides is 1. The zero-order valence-corrected chi connectivity index (χ0v) is 16.6. The van der Waals surface area contributed by atoms with Crippen LogP contribution in [0, 0.1) is 0 Å². The number of thiazole rings is 1. The minimum Gasteiger partial charge on any atom is -0.482 e. The molecule has 0 fully saturated rings.